The molecule has 1 aliphatic rings. The molecule has 1 fully saturated rings. The van der Waals surface area contributed by atoms with Crippen LogP contribution in [0.2, 0.25) is 0 Å². The van der Waals surface area contributed by atoms with Gasteiger partial charge in [-0.3, -0.25) is 4.79 Å². The van der Waals surface area contributed by atoms with E-state index < -0.39 is 0 Å². The summed E-state index contributed by atoms with van der Waals surface area (Å²) in [6.45, 7) is 5.48. The van der Waals surface area contributed by atoms with Crippen LogP contribution in [0.25, 0.3) is 0 Å². The average molecular weight is 323 g/mol. The summed E-state index contributed by atoms with van der Waals surface area (Å²) in [7, 11) is 0. The van der Waals surface area contributed by atoms with Gasteiger partial charge in [0.2, 0.25) is 5.91 Å². The minimum absolute atomic E-state index is 0.00891. The Morgan fingerprint density at radius 3 is 2.33 bits per heavy atom. The smallest absolute Gasteiger partial charge is 0.243 e. The van der Waals surface area contributed by atoms with Gasteiger partial charge in [-0.1, -0.05) is 18.2 Å². The number of para-hydroxylation sites is 1. The van der Waals surface area contributed by atoms with Crippen molar-refractivity contribution in [2.45, 2.75) is 19.8 Å². The summed E-state index contributed by atoms with van der Waals surface area (Å²) in [6, 6.07) is 18.2. The van der Waals surface area contributed by atoms with Crippen LogP contribution in [0.3, 0.4) is 0 Å². The van der Waals surface area contributed by atoms with E-state index in [-0.39, 0.29) is 5.91 Å². The molecule has 1 heterocycles. The molecule has 0 saturated carbocycles. The average Bonchev–Trinajstić information content (AvgIpc) is 3.16. The van der Waals surface area contributed by atoms with Crippen molar-refractivity contribution in [1.29, 1.82) is 0 Å². The molecule has 126 valence electrons. The van der Waals surface area contributed by atoms with Crippen LogP contribution >= 0.6 is 0 Å². The summed E-state index contributed by atoms with van der Waals surface area (Å²) >= 11 is 0. The third kappa shape index (κ3) is 4.07. The number of nitrogens with one attached hydrogen (secondary N) is 1. The summed E-state index contributed by atoms with van der Waals surface area (Å²) in [5.41, 5.74) is 3.16. The Morgan fingerprint density at radius 1 is 1.04 bits per heavy atom. The van der Waals surface area contributed by atoms with E-state index in [1.165, 1.54) is 18.5 Å². The Morgan fingerprint density at radius 2 is 1.71 bits per heavy atom. The number of likely N-dealkylation sites (N-methyl/N-ethyl adjacent to an activating group) is 1. The van der Waals surface area contributed by atoms with Gasteiger partial charge in [-0.25, -0.2) is 0 Å². The van der Waals surface area contributed by atoms with E-state index in [1.54, 1.807) is 0 Å². The van der Waals surface area contributed by atoms with Crippen molar-refractivity contribution in [2.75, 3.05) is 41.3 Å². The van der Waals surface area contributed by atoms with Gasteiger partial charge in [-0.05, 0) is 56.2 Å². The first-order valence-electron chi connectivity index (χ1n) is 8.71. The maximum atomic E-state index is 12.3. The van der Waals surface area contributed by atoms with E-state index in [2.05, 4.69) is 34.2 Å². The van der Waals surface area contributed by atoms with E-state index in [0.717, 1.165) is 31.0 Å². The topological polar surface area (TPSA) is 35.6 Å². The first-order valence-corrected chi connectivity index (χ1v) is 8.71. The van der Waals surface area contributed by atoms with Gasteiger partial charge >= 0.3 is 0 Å². The molecular formula is C20H25N3O. The van der Waals surface area contributed by atoms with Crippen molar-refractivity contribution in [3.8, 4) is 0 Å². The highest BCUT2D eigenvalue weighted by Crippen LogP contribution is 2.22. The van der Waals surface area contributed by atoms with E-state index in [4.69, 9.17) is 0 Å². The van der Waals surface area contributed by atoms with Crippen LogP contribution in [0, 0.1) is 0 Å². The second-order valence-corrected chi connectivity index (χ2v) is 6.14. The number of hydrogen-bond donors (Lipinski definition) is 1. The lowest BCUT2D eigenvalue weighted by Crippen LogP contribution is -2.33. The van der Waals surface area contributed by atoms with Crippen LogP contribution in [-0.2, 0) is 4.79 Å². The van der Waals surface area contributed by atoms with Crippen LogP contribution in [0.1, 0.15) is 19.8 Å². The molecule has 0 radical (unpaired) electrons. The maximum absolute atomic E-state index is 12.3. The summed E-state index contributed by atoms with van der Waals surface area (Å²) in [4.78, 5) is 16.8. The zero-order valence-electron chi connectivity index (χ0n) is 14.2. The minimum atomic E-state index is 0.00891. The number of carbonyl (C=O) groups is 1. The molecule has 4 nitrogen and oxygen atoms in total. The van der Waals surface area contributed by atoms with Crippen molar-refractivity contribution in [2.24, 2.45) is 0 Å². The van der Waals surface area contributed by atoms with Gasteiger partial charge in [-0.2, -0.15) is 0 Å². The largest absolute Gasteiger partial charge is 0.372 e. The molecule has 0 spiro atoms. The normalized spacial score (nSPS) is 13.8. The molecule has 0 aromatic heterocycles. The molecule has 3 rings (SSSR count). The third-order valence-electron chi connectivity index (χ3n) is 4.46. The Balaban J connectivity index is 1.58. The van der Waals surface area contributed by atoms with Gasteiger partial charge in [0.25, 0.3) is 0 Å². The summed E-state index contributed by atoms with van der Waals surface area (Å²) < 4.78 is 0. The zero-order valence-corrected chi connectivity index (χ0v) is 14.2. The number of carbonyl (C=O) groups excluding carboxylic acids is 1. The lowest BCUT2D eigenvalue weighted by molar-refractivity contribution is -0.115. The highest BCUT2D eigenvalue weighted by Gasteiger charge is 2.13. The number of amides is 1. The molecule has 2 aromatic rings. The molecule has 0 aliphatic carbocycles. The van der Waals surface area contributed by atoms with Crippen molar-refractivity contribution >= 4 is 23.0 Å². The number of benzene rings is 2. The minimum Gasteiger partial charge on any atom is -0.372 e. The molecule has 0 unspecified atom stereocenters. The molecule has 1 aliphatic heterocycles. The van der Waals surface area contributed by atoms with Crippen LogP contribution in [0.15, 0.2) is 54.6 Å². The lowest BCUT2D eigenvalue weighted by atomic mass is 10.2. The van der Waals surface area contributed by atoms with Gasteiger partial charge < -0.3 is 15.1 Å². The van der Waals surface area contributed by atoms with E-state index in [9.17, 15) is 4.79 Å². The van der Waals surface area contributed by atoms with Gasteiger partial charge in [0.1, 0.15) is 0 Å². The third-order valence-corrected chi connectivity index (χ3v) is 4.46. The van der Waals surface area contributed by atoms with Crippen molar-refractivity contribution in [1.82, 2.24) is 0 Å². The predicted molar refractivity (Wildman–Crippen MR) is 101 cm³/mol. The quantitative estimate of drug-likeness (QED) is 0.879. The summed E-state index contributed by atoms with van der Waals surface area (Å²) in [5, 5.41) is 3.00. The van der Waals surface area contributed by atoms with Crippen LogP contribution in [0.5, 0.6) is 0 Å². The van der Waals surface area contributed by atoms with E-state index in [0.29, 0.717) is 6.54 Å². The second kappa shape index (κ2) is 7.86. The Labute approximate surface area is 144 Å². The molecule has 1 N–H and O–H groups in total. The highest BCUT2D eigenvalue weighted by atomic mass is 16.2. The van der Waals surface area contributed by atoms with E-state index in [1.807, 2.05) is 42.5 Å². The fourth-order valence-electron chi connectivity index (χ4n) is 3.13. The first kappa shape index (κ1) is 16.4. The van der Waals surface area contributed by atoms with Crippen molar-refractivity contribution < 1.29 is 4.79 Å². The fraction of sp³-hybridized carbons (Fsp3) is 0.350. The molecule has 1 amide bonds. The number of nitrogens with zero attached hydrogens (tertiary/aromatic N) is 2. The van der Waals surface area contributed by atoms with Gasteiger partial charge in [0.05, 0.1) is 6.54 Å². The monoisotopic (exact) mass is 323 g/mol. The van der Waals surface area contributed by atoms with Gasteiger partial charge in [0.15, 0.2) is 0 Å². The van der Waals surface area contributed by atoms with Crippen molar-refractivity contribution in [3.63, 3.8) is 0 Å². The standard InChI is InChI=1S/C20H25N3O/c1-2-22(18-8-4-3-5-9-18)16-20(24)21-17-10-12-19(13-11-17)23-14-6-7-15-23/h3-5,8-13H,2,6-7,14-16H2,1H3,(H,21,24). The number of anilines is 3. The lowest BCUT2D eigenvalue weighted by Gasteiger charge is -2.22. The Hall–Kier alpha value is -2.49. The van der Waals surface area contributed by atoms with Gasteiger partial charge in [0, 0.05) is 36.7 Å². The summed E-state index contributed by atoms with van der Waals surface area (Å²) in [5.74, 6) is 0.00891. The maximum Gasteiger partial charge on any atom is 0.243 e. The Bertz CT molecular complexity index is 648. The first-order chi connectivity index (χ1) is 11.8. The van der Waals surface area contributed by atoms with Gasteiger partial charge in [-0.15, -0.1) is 0 Å². The SMILES string of the molecule is CCN(CC(=O)Nc1ccc(N2CCCC2)cc1)c1ccccc1. The molecular weight excluding hydrogens is 298 g/mol. The summed E-state index contributed by atoms with van der Waals surface area (Å²) in [6.07, 6.45) is 2.54. The molecule has 24 heavy (non-hydrogen) atoms. The fourth-order valence-corrected chi connectivity index (χ4v) is 3.13. The van der Waals surface area contributed by atoms with Crippen molar-refractivity contribution in [3.05, 3.63) is 54.6 Å². The number of hydrogen-bond acceptors (Lipinski definition) is 3. The molecule has 2 aromatic carbocycles. The number of rotatable bonds is 6. The highest BCUT2D eigenvalue weighted by molar-refractivity contribution is 5.94. The molecule has 4 heteroatoms. The predicted octanol–water partition coefficient (Wildman–Crippen LogP) is 3.75. The second-order valence-electron chi connectivity index (χ2n) is 6.14. The van der Waals surface area contributed by atoms with E-state index >= 15 is 0 Å². The molecule has 1 saturated heterocycles. The van der Waals surface area contributed by atoms with Crippen LogP contribution < -0.4 is 15.1 Å². The van der Waals surface area contributed by atoms with Crippen LogP contribution in [0.4, 0.5) is 17.1 Å². The zero-order chi connectivity index (χ0) is 16.8. The molecule has 0 bridgehead atoms. The van der Waals surface area contributed by atoms with Crippen LogP contribution in [-0.4, -0.2) is 32.1 Å². The molecule has 0 atom stereocenters. The Kier molecular flexibility index (Phi) is 5.36.